The molecule has 1 rings (SSSR count). The van der Waals surface area contributed by atoms with E-state index >= 15 is 0 Å². The highest BCUT2D eigenvalue weighted by atomic mass is 79.9. The Hall–Kier alpha value is -1.09. The number of hydrogen-bond acceptors (Lipinski definition) is 2. The summed E-state index contributed by atoms with van der Waals surface area (Å²) in [4.78, 5) is 11.3. The SMILES string of the molecule is C=C(Br)COc1cccccc1=O. The molecule has 0 unspecified atom stereocenters. The summed E-state index contributed by atoms with van der Waals surface area (Å²) < 4.78 is 5.91. The van der Waals surface area contributed by atoms with Crippen molar-refractivity contribution in [2.24, 2.45) is 0 Å². The molecular weight excluding hydrogens is 232 g/mol. The van der Waals surface area contributed by atoms with Crippen molar-refractivity contribution in [2.45, 2.75) is 0 Å². The van der Waals surface area contributed by atoms with E-state index in [-0.39, 0.29) is 5.43 Å². The Kier molecular flexibility index (Phi) is 3.71. The standard InChI is InChI=1S/C10H9BrO2/c1-8(11)7-13-10-6-4-2-3-5-9(10)12/h2-6H,1,7H2. The zero-order chi connectivity index (χ0) is 9.68. The molecule has 0 heterocycles. The molecule has 0 bridgehead atoms. The van der Waals surface area contributed by atoms with Crippen molar-refractivity contribution in [2.75, 3.05) is 6.61 Å². The van der Waals surface area contributed by atoms with Crippen LogP contribution in [-0.4, -0.2) is 6.61 Å². The Morgan fingerprint density at radius 1 is 1.38 bits per heavy atom. The fraction of sp³-hybridized carbons (Fsp3) is 0.100. The highest BCUT2D eigenvalue weighted by Gasteiger charge is 1.96. The highest BCUT2D eigenvalue weighted by Crippen LogP contribution is 2.05. The third-order valence-electron chi connectivity index (χ3n) is 1.34. The molecule has 1 aromatic carbocycles. The van der Waals surface area contributed by atoms with Gasteiger partial charge in [0, 0.05) is 4.48 Å². The monoisotopic (exact) mass is 240 g/mol. The molecule has 0 atom stereocenters. The van der Waals surface area contributed by atoms with Gasteiger partial charge in [-0.1, -0.05) is 40.7 Å². The molecule has 0 aromatic heterocycles. The van der Waals surface area contributed by atoms with Gasteiger partial charge in [0.15, 0.2) is 5.75 Å². The van der Waals surface area contributed by atoms with Crippen LogP contribution in [-0.2, 0) is 0 Å². The number of rotatable bonds is 3. The number of halogens is 1. The molecule has 0 fully saturated rings. The van der Waals surface area contributed by atoms with Crippen molar-refractivity contribution in [1.82, 2.24) is 0 Å². The third-order valence-corrected chi connectivity index (χ3v) is 1.57. The summed E-state index contributed by atoms with van der Waals surface area (Å²) in [7, 11) is 0. The fourth-order valence-electron chi connectivity index (χ4n) is 0.790. The van der Waals surface area contributed by atoms with Gasteiger partial charge in [0.1, 0.15) is 6.61 Å². The van der Waals surface area contributed by atoms with Gasteiger partial charge in [-0.25, -0.2) is 0 Å². The Bertz CT molecular complexity index is 360. The first kappa shape index (κ1) is 9.99. The highest BCUT2D eigenvalue weighted by molar-refractivity contribution is 9.11. The topological polar surface area (TPSA) is 26.3 Å². The van der Waals surface area contributed by atoms with Crippen LogP contribution in [0.15, 0.2) is 46.2 Å². The molecule has 0 aliphatic heterocycles. The summed E-state index contributed by atoms with van der Waals surface area (Å²) in [6, 6.07) is 8.31. The van der Waals surface area contributed by atoms with Crippen LogP contribution in [0.1, 0.15) is 0 Å². The average molecular weight is 241 g/mol. The Balaban J connectivity index is 2.84. The van der Waals surface area contributed by atoms with Gasteiger partial charge in [-0.2, -0.15) is 0 Å². The zero-order valence-corrected chi connectivity index (χ0v) is 8.58. The minimum absolute atomic E-state index is 0.126. The minimum atomic E-state index is -0.126. The first-order chi connectivity index (χ1) is 6.20. The van der Waals surface area contributed by atoms with Crippen LogP contribution >= 0.6 is 15.9 Å². The Morgan fingerprint density at radius 3 is 2.77 bits per heavy atom. The lowest BCUT2D eigenvalue weighted by Crippen LogP contribution is -2.05. The molecule has 68 valence electrons. The van der Waals surface area contributed by atoms with Crippen molar-refractivity contribution in [1.29, 1.82) is 0 Å². The molecule has 0 aliphatic rings. The van der Waals surface area contributed by atoms with Crippen molar-refractivity contribution in [3.05, 3.63) is 51.6 Å². The summed E-state index contributed by atoms with van der Waals surface area (Å²) in [5, 5.41) is 0. The molecular formula is C10H9BrO2. The molecule has 3 heteroatoms. The predicted molar refractivity (Wildman–Crippen MR) is 56.3 cm³/mol. The summed E-state index contributed by atoms with van der Waals surface area (Å²) >= 11 is 3.15. The lowest BCUT2D eigenvalue weighted by Gasteiger charge is -2.00. The summed E-state index contributed by atoms with van der Waals surface area (Å²) in [6.07, 6.45) is 0. The first-order valence-corrected chi connectivity index (χ1v) is 4.55. The van der Waals surface area contributed by atoms with Gasteiger partial charge >= 0.3 is 0 Å². The molecule has 0 amide bonds. The van der Waals surface area contributed by atoms with Crippen LogP contribution in [0.25, 0.3) is 0 Å². The van der Waals surface area contributed by atoms with E-state index in [0.29, 0.717) is 16.8 Å². The summed E-state index contributed by atoms with van der Waals surface area (Å²) in [5.41, 5.74) is -0.126. The molecule has 0 saturated carbocycles. The Morgan fingerprint density at radius 2 is 2.08 bits per heavy atom. The van der Waals surface area contributed by atoms with Gasteiger partial charge in [-0.3, -0.25) is 4.79 Å². The van der Waals surface area contributed by atoms with E-state index in [0.717, 1.165) is 0 Å². The predicted octanol–water partition coefficient (Wildman–Crippen LogP) is 2.33. The lowest BCUT2D eigenvalue weighted by molar-refractivity contribution is 0.358. The first-order valence-electron chi connectivity index (χ1n) is 3.75. The van der Waals surface area contributed by atoms with E-state index in [9.17, 15) is 4.79 Å². The average Bonchev–Trinajstić information content (AvgIpc) is 2.27. The van der Waals surface area contributed by atoms with Crippen molar-refractivity contribution in [3.8, 4) is 5.75 Å². The van der Waals surface area contributed by atoms with Gasteiger partial charge in [-0.15, -0.1) is 0 Å². The van der Waals surface area contributed by atoms with Crippen molar-refractivity contribution in [3.63, 3.8) is 0 Å². The number of hydrogen-bond donors (Lipinski definition) is 0. The summed E-state index contributed by atoms with van der Waals surface area (Å²) in [6.45, 7) is 3.91. The maximum Gasteiger partial charge on any atom is 0.220 e. The lowest BCUT2D eigenvalue weighted by atomic mass is 10.4. The van der Waals surface area contributed by atoms with E-state index in [1.807, 2.05) is 0 Å². The molecule has 13 heavy (non-hydrogen) atoms. The van der Waals surface area contributed by atoms with E-state index in [2.05, 4.69) is 22.5 Å². The fourth-order valence-corrected chi connectivity index (χ4v) is 0.904. The van der Waals surface area contributed by atoms with Crippen molar-refractivity contribution >= 4 is 15.9 Å². The van der Waals surface area contributed by atoms with Gasteiger partial charge in [0.2, 0.25) is 5.43 Å². The zero-order valence-electron chi connectivity index (χ0n) is 7.00. The van der Waals surface area contributed by atoms with Crippen LogP contribution in [0, 0.1) is 0 Å². The second-order valence-corrected chi connectivity index (χ2v) is 3.57. The molecule has 0 saturated heterocycles. The van der Waals surface area contributed by atoms with Crippen LogP contribution in [0.5, 0.6) is 5.75 Å². The normalized spacial score (nSPS) is 9.31. The molecule has 2 nitrogen and oxygen atoms in total. The molecule has 0 aliphatic carbocycles. The van der Waals surface area contributed by atoms with E-state index < -0.39 is 0 Å². The van der Waals surface area contributed by atoms with Crippen LogP contribution in [0.2, 0.25) is 0 Å². The molecule has 1 aromatic rings. The van der Waals surface area contributed by atoms with Gasteiger partial charge in [0.25, 0.3) is 0 Å². The smallest absolute Gasteiger partial charge is 0.220 e. The molecule has 0 radical (unpaired) electrons. The Labute approximate surface area is 85.0 Å². The minimum Gasteiger partial charge on any atom is -0.484 e. The van der Waals surface area contributed by atoms with Crippen molar-refractivity contribution < 1.29 is 4.74 Å². The maximum atomic E-state index is 11.3. The van der Waals surface area contributed by atoms with Gasteiger partial charge < -0.3 is 4.74 Å². The van der Waals surface area contributed by atoms with Crippen LogP contribution in [0.4, 0.5) is 0 Å². The third kappa shape index (κ3) is 3.42. The largest absolute Gasteiger partial charge is 0.484 e. The molecule has 0 N–H and O–H groups in total. The van der Waals surface area contributed by atoms with Gasteiger partial charge in [-0.05, 0) is 12.1 Å². The van der Waals surface area contributed by atoms with Crippen LogP contribution in [0.3, 0.4) is 0 Å². The second kappa shape index (κ2) is 4.82. The van der Waals surface area contributed by atoms with Crippen LogP contribution < -0.4 is 10.2 Å². The second-order valence-electron chi connectivity index (χ2n) is 2.45. The van der Waals surface area contributed by atoms with E-state index in [1.54, 1.807) is 24.3 Å². The quantitative estimate of drug-likeness (QED) is 0.811. The maximum absolute atomic E-state index is 11.3. The number of ether oxygens (including phenoxy) is 1. The van der Waals surface area contributed by atoms with Gasteiger partial charge in [0.05, 0.1) is 0 Å². The summed E-state index contributed by atoms with van der Waals surface area (Å²) in [5.74, 6) is 0.339. The van der Waals surface area contributed by atoms with E-state index in [4.69, 9.17) is 4.74 Å². The van der Waals surface area contributed by atoms with E-state index in [1.165, 1.54) is 6.07 Å². The molecule has 0 spiro atoms.